The van der Waals surface area contributed by atoms with Crippen LogP contribution >= 0.6 is 0 Å². The van der Waals surface area contributed by atoms with E-state index in [1.54, 1.807) is 12.1 Å². The van der Waals surface area contributed by atoms with Gasteiger partial charge in [-0.3, -0.25) is 10.2 Å². The van der Waals surface area contributed by atoms with E-state index in [1.807, 2.05) is 23.6 Å². The highest BCUT2D eigenvalue weighted by Gasteiger charge is 2.18. The molecule has 1 aromatic rings. The Bertz CT molecular complexity index is 303. The first kappa shape index (κ1) is 11.5. The summed E-state index contributed by atoms with van der Waals surface area (Å²) >= 11 is 0. The van der Waals surface area contributed by atoms with Gasteiger partial charge in [-0.2, -0.15) is 0 Å². The largest absolute Gasteiger partial charge is 0.478 e. The first-order chi connectivity index (χ1) is 7.27. The molecule has 1 rings (SSSR count). The molecule has 0 heterocycles. The smallest absolute Gasteiger partial charge is 0.277 e. The lowest BCUT2D eigenvalue weighted by Gasteiger charge is -2.16. The van der Waals surface area contributed by atoms with Crippen molar-refractivity contribution in [2.24, 2.45) is 5.84 Å². The molecule has 0 fully saturated rings. The number of nitrogens with two attached hydrogens (primary N) is 1. The highest BCUT2D eigenvalue weighted by atomic mass is 16.5. The Hall–Kier alpha value is -1.59. The second-order valence-electron chi connectivity index (χ2n) is 2.88. The average molecular weight is 210 g/mol. The van der Waals surface area contributed by atoms with Gasteiger partial charge >= 0.3 is 0 Å². The van der Waals surface area contributed by atoms with Crippen LogP contribution in [0.5, 0.6) is 5.75 Å². The van der Waals surface area contributed by atoms with E-state index < -0.39 is 12.0 Å². The lowest BCUT2D eigenvalue weighted by molar-refractivity contribution is -0.130. The van der Waals surface area contributed by atoms with Gasteiger partial charge in [0.25, 0.3) is 5.91 Å². The van der Waals surface area contributed by atoms with Crippen LogP contribution in [0.1, 0.15) is 0 Å². The van der Waals surface area contributed by atoms with Crippen LogP contribution in [0.3, 0.4) is 0 Å². The number of nitrogens with one attached hydrogen (secondary N) is 1. The molecule has 0 radical (unpaired) electrons. The van der Waals surface area contributed by atoms with Crippen LogP contribution in [-0.4, -0.2) is 25.7 Å². The van der Waals surface area contributed by atoms with Gasteiger partial charge in [0, 0.05) is 7.11 Å². The van der Waals surface area contributed by atoms with Crippen molar-refractivity contribution in [3.8, 4) is 5.75 Å². The average Bonchev–Trinajstić information content (AvgIpc) is 2.29. The number of hydrogen-bond donors (Lipinski definition) is 2. The Morgan fingerprint density at radius 1 is 1.47 bits per heavy atom. The number of ether oxygens (including phenoxy) is 2. The van der Waals surface area contributed by atoms with Crippen molar-refractivity contribution in [1.29, 1.82) is 0 Å². The Morgan fingerprint density at radius 2 is 2.13 bits per heavy atom. The summed E-state index contributed by atoms with van der Waals surface area (Å²) < 4.78 is 10.2. The number of hydrogen-bond acceptors (Lipinski definition) is 4. The number of methoxy groups -OCH3 is 1. The van der Waals surface area contributed by atoms with Crippen LogP contribution in [0.15, 0.2) is 30.3 Å². The van der Waals surface area contributed by atoms with Crippen molar-refractivity contribution in [1.82, 2.24) is 5.43 Å². The molecule has 0 spiro atoms. The molecule has 1 amide bonds. The Labute approximate surface area is 88.1 Å². The van der Waals surface area contributed by atoms with Gasteiger partial charge in [0.2, 0.25) is 6.10 Å². The van der Waals surface area contributed by atoms with Gasteiger partial charge in [-0.15, -0.1) is 0 Å². The van der Waals surface area contributed by atoms with Crippen LogP contribution < -0.4 is 16.0 Å². The fourth-order valence-corrected chi connectivity index (χ4v) is 1.07. The topological polar surface area (TPSA) is 73.6 Å². The zero-order valence-electron chi connectivity index (χ0n) is 8.47. The molecule has 5 nitrogen and oxygen atoms in total. The first-order valence-corrected chi connectivity index (χ1v) is 4.49. The molecule has 5 heteroatoms. The maximum atomic E-state index is 11.3. The SMILES string of the molecule is COCC(Oc1ccccc1)C(=O)NN. The van der Waals surface area contributed by atoms with Gasteiger partial charge in [0.1, 0.15) is 5.75 Å². The van der Waals surface area contributed by atoms with E-state index in [0.717, 1.165) is 0 Å². The molecule has 0 aromatic heterocycles. The van der Waals surface area contributed by atoms with Gasteiger partial charge in [-0.05, 0) is 12.1 Å². The van der Waals surface area contributed by atoms with E-state index in [0.29, 0.717) is 5.75 Å². The number of hydrazine groups is 1. The monoisotopic (exact) mass is 210 g/mol. The van der Waals surface area contributed by atoms with E-state index in [9.17, 15) is 4.79 Å². The van der Waals surface area contributed by atoms with Crippen LogP contribution in [0.2, 0.25) is 0 Å². The van der Waals surface area contributed by atoms with Crippen LogP contribution in [0.4, 0.5) is 0 Å². The standard InChI is InChI=1S/C10H14N2O3/c1-14-7-9(10(13)12-11)15-8-5-3-2-4-6-8/h2-6,9H,7,11H2,1H3,(H,12,13). The second-order valence-corrected chi connectivity index (χ2v) is 2.88. The molecule has 0 aliphatic rings. The highest BCUT2D eigenvalue weighted by Crippen LogP contribution is 2.10. The third-order valence-electron chi connectivity index (χ3n) is 1.77. The summed E-state index contributed by atoms with van der Waals surface area (Å²) in [6.45, 7) is 0.151. The second kappa shape index (κ2) is 6.00. The normalized spacial score (nSPS) is 11.9. The van der Waals surface area contributed by atoms with Crippen molar-refractivity contribution in [3.05, 3.63) is 30.3 Å². The molecule has 82 valence electrons. The Morgan fingerprint density at radius 3 is 2.67 bits per heavy atom. The lowest BCUT2D eigenvalue weighted by atomic mass is 10.3. The molecule has 0 saturated heterocycles. The van der Waals surface area contributed by atoms with Crippen molar-refractivity contribution in [2.45, 2.75) is 6.10 Å². The van der Waals surface area contributed by atoms with Gasteiger partial charge in [-0.25, -0.2) is 5.84 Å². The van der Waals surface area contributed by atoms with Crippen LogP contribution in [0, 0.1) is 0 Å². The molecule has 1 unspecified atom stereocenters. The third-order valence-corrected chi connectivity index (χ3v) is 1.77. The quantitative estimate of drug-likeness (QED) is 0.410. The van der Waals surface area contributed by atoms with Gasteiger partial charge in [0.05, 0.1) is 6.61 Å². The van der Waals surface area contributed by atoms with E-state index in [2.05, 4.69) is 0 Å². The number of amides is 1. The maximum absolute atomic E-state index is 11.3. The van der Waals surface area contributed by atoms with E-state index in [-0.39, 0.29) is 6.61 Å². The predicted molar refractivity (Wildman–Crippen MR) is 55.1 cm³/mol. The summed E-state index contributed by atoms with van der Waals surface area (Å²) in [6, 6.07) is 9.01. The van der Waals surface area contributed by atoms with Crippen molar-refractivity contribution >= 4 is 5.91 Å². The minimum atomic E-state index is -0.734. The third kappa shape index (κ3) is 3.57. The van der Waals surface area contributed by atoms with E-state index in [1.165, 1.54) is 7.11 Å². The molecule has 1 aromatic carbocycles. The molecule has 0 saturated carbocycles. The van der Waals surface area contributed by atoms with E-state index in [4.69, 9.17) is 15.3 Å². The summed E-state index contributed by atoms with van der Waals surface area (Å²) in [5.74, 6) is 5.21. The number of rotatable bonds is 5. The predicted octanol–water partition coefficient (Wildman–Crippen LogP) is 0.0703. The Kier molecular flexibility index (Phi) is 4.59. The highest BCUT2D eigenvalue weighted by molar-refractivity contribution is 5.80. The Balaban J connectivity index is 2.62. The van der Waals surface area contributed by atoms with Crippen LogP contribution in [-0.2, 0) is 9.53 Å². The molecule has 15 heavy (non-hydrogen) atoms. The molecular formula is C10H14N2O3. The zero-order chi connectivity index (χ0) is 11.1. The molecule has 0 aliphatic carbocycles. The van der Waals surface area contributed by atoms with Crippen molar-refractivity contribution < 1.29 is 14.3 Å². The lowest BCUT2D eigenvalue weighted by Crippen LogP contribution is -2.44. The van der Waals surface area contributed by atoms with Gasteiger partial charge in [-0.1, -0.05) is 18.2 Å². The summed E-state index contributed by atoms with van der Waals surface area (Å²) in [5.41, 5.74) is 2.03. The fraction of sp³-hybridized carbons (Fsp3) is 0.300. The van der Waals surface area contributed by atoms with E-state index >= 15 is 0 Å². The first-order valence-electron chi connectivity index (χ1n) is 4.49. The molecular weight excluding hydrogens is 196 g/mol. The number of carbonyl (C=O) groups is 1. The van der Waals surface area contributed by atoms with Crippen LogP contribution in [0.25, 0.3) is 0 Å². The minimum Gasteiger partial charge on any atom is -0.478 e. The molecule has 3 N–H and O–H groups in total. The van der Waals surface area contributed by atoms with Gasteiger partial charge < -0.3 is 9.47 Å². The summed E-state index contributed by atoms with van der Waals surface area (Å²) in [4.78, 5) is 11.3. The van der Waals surface area contributed by atoms with Crippen molar-refractivity contribution in [3.63, 3.8) is 0 Å². The van der Waals surface area contributed by atoms with Crippen molar-refractivity contribution in [2.75, 3.05) is 13.7 Å². The fourth-order valence-electron chi connectivity index (χ4n) is 1.07. The maximum Gasteiger partial charge on any atom is 0.277 e. The minimum absolute atomic E-state index is 0.151. The number of para-hydroxylation sites is 1. The number of carbonyl (C=O) groups excluding carboxylic acids is 1. The number of benzene rings is 1. The summed E-state index contributed by atoms with van der Waals surface area (Å²) in [5, 5.41) is 0. The molecule has 0 bridgehead atoms. The zero-order valence-corrected chi connectivity index (χ0v) is 8.47. The summed E-state index contributed by atoms with van der Waals surface area (Å²) in [7, 11) is 1.49. The molecule has 1 atom stereocenters. The molecule has 0 aliphatic heterocycles. The summed E-state index contributed by atoms with van der Waals surface area (Å²) in [6.07, 6.45) is -0.734. The van der Waals surface area contributed by atoms with Gasteiger partial charge in [0.15, 0.2) is 0 Å².